The van der Waals surface area contributed by atoms with Crippen molar-refractivity contribution in [3.05, 3.63) is 65.7 Å². The molecule has 2 aromatic rings. The highest BCUT2D eigenvalue weighted by Crippen LogP contribution is 2.20. The highest BCUT2D eigenvalue weighted by atomic mass is 16.4. The van der Waals surface area contributed by atoms with Crippen molar-refractivity contribution in [3.8, 4) is 5.75 Å². The van der Waals surface area contributed by atoms with Crippen LogP contribution in [0.25, 0.3) is 11.6 Å². The first kappa shape index (κ1) is 11.9. The topological polar surface area (TPSA) is 57.5 Å². The van der Waals surface area contributed by atoms with Gasteiger partial charge in [0.15, 0.2) is 0 Å². The smallest absolute Gasteiger partial charge is 0.336 e. The standard InChI is InChI=1S/C15H12O3/c16-13-8-4-5-11(9-13)10-14(15(17)18)12-6-2-1-3-7-12/h1-10,16H,(H,17,18). The molecule has 3 nitrogen and oxygen atoms in total. The molecule has 18 heavy (non-hydrogen) atoms. The van der Waals surface area contributed by atoms with E-state index in [4.69, 9.17) is 0 Å². The number of aliphatic carboxylic acids is 1. The molecule has 2 N–H and O–H groups in total. The highest BCUT2D eigenvalue weighted by molar-refractivity contribution is 6.20. The van der Waals surface area contributed by atoms with Crippen molar-refractivity contribution in [2.24, 2.45) is 0 Å². The Labute approximate surface area is 105 Å². The van der Waals surface area contributed by atoms with Crippen LogP contribution in [0.4, 0.5) is 0 Å². The zero-order chi connectivity index (χ0) is 13.0. The van der Waals surface area contributed by atoms with Crippen LogP contribution in [0, 0.1) is 0 Å². The Morgan fingerprint density at radius 2 is 1.72 bits per heavy atom. The molecule has 90 valence electrons. The molecule has 0 amide bonds. The minimum absolute atomic E-state index is 0.113. The molecule has 0 bridgehead atoms. The third kappa shape index (κ3) is 2.77. The number of phenolic OH excluding ortho intramolecular Hbond substituents is 1. The fraction of sp³-hybridized carbons (Fsp3) is 0. The van der Waals surface area contributed by atoms with E-state index < -0.39 is 5.97 Å². The van der Waals surface area contributed by atoms with Gasteiger partial charge in [-0.3, -0.25) is 0 Å². The summed E-state index contributed by atoms with van der Waals surface area (Å²) in [5.41, 5.74) is 1.48. The Kier molecular flexibility index (Phi) is 3.44. The van der Waals surface area contributed by atoms with Gasteiger partial charge in [0.1, 0.15) is 5.75 Å². The van der Waals surface area contributed by atoms with Gasteiger partial charge in [-0.1, -0.05) is 42.5 Å². The van der Waals surface area contributed by atoms with Crippen LogP contribution in [0.15, 0.2) is 54.6 Å². The lowest BCUT2D eigenvalue weighted by molar-refractivity contribution is -0.130. The highest BCUT2D eigenvalue weighted by Gasteiger charge is 2.09. The van der Waals surface area contributed by atoms with Crippen LogP contribution in [0.5, 0.6) is 5.75 Å². The Hall–Kier alpha value is -2.55. The second kappa shape index (κ2) is 5.19. The van der Waals surface area contributed by atoms with Crippen molar-refractivity contribution < 1.29 is 15.0 Å². The Morgan fingerprint density at radius 3 is 2.33 bits per heavy atom. The minimum atomic E-state index is -0.996. The van der Waals surface area contributed by atoms with Crippen LogP contribution >= 0.6 is 0 Å². The summed E-state index contributed by atoms with van der Waals surface area (Å²) in [5.74, 6) is -0.883. The van der Waals surface area contributed by atoms with E-state index in [0.29, 0.717) is 11.1 Å². The summed E-state index contributed by atoms with van der Waals surface area (Å²) in [7, 11) is 0. The number of aromatic hydroxyl groups is 1. The number of benzene rings is 2. The van der Waals surface area contributed by atoms with Gasteiger partial charge in [-0.05, 0) is 29.3 Å². The van der Waals surface area contributed by atoms with Crippen molar-refractivity contribution in [1.29, 1.82) is 0 Å². The van der Waals surface area contributed by atoms with E-state index in [1.165, 1.54) is 12.1 Å². The molecule has 0 unspecified atom stereocenters. The summed E-state index contributed by atoms with van der Waals surface area (Å²) in [5, 5.41) is 18.6. The van der Waals surface area contributed by atoms with E-state index in [-0.39, 0.29) is 11.3 Å². The molecule has 3 heteroatoms. The van der Waals surface area contributed by atoms with Gasteiger partial charge in [-0.2, -0.15) is 0 Å². The van der Waals surface area contributed by atoms with E-state index in [9.17, 15) is 15.0 Å². The number of carboxylic acid groups (broad SMARTS) is 1. The van der Waals surface area contributed by atoms with Gasteiger partial charge in [0, 0.05) is 0 Å². The molecule has 0 spiro atoms. The maximum Gasteiger partial charge on any atom is 0.336 e. The predicted octanol–water partition coefficient (Wildman–Crippen LogP) is 3.02. The van der Waals surface area contributed by atoms with Crippen LogP contribution in [0.3, 0.4) is 0 Å². The molecule has 0 atom stereocenters. The summed E-state index contributed by atoms with van der Waals surface area (Å²) in [6.07, 6.45) is 1.54. The third-order valence-electron chi connectivity index (χ3n) is 2.50. The van der Waals surface area contributed by atoms with E-state index in [1.807, 2.05) is 6.07 Å². The number of hydrogen-bond donors (Lipinski definition) is 2. The average Bonchev–Trinajstić information content (AvgIpc) is 2.37. The molecule has 0 aliphatic rings. The first-order valence-electron chi connectivity index (χ1n) is 5.46. The predicted molar refractivity (Wildman–Crippen MR) is 70.1 cm³/mol. The first-order chi connectivity index (χ1) is 8.66. The quantitative estimate of drug-likeness (QED) is 0.640. The zero-order valence-corrected chi connectivity index (χ0v) is 9.58. The third-order valence-corrected chi connectivity index (χ3v) is 2.50. The van der Waals surface area contributed by atoms with Crippen LogP contribution in [-0.2, 0) is 4.79 Å². The molecular formula is C15H12O3. The Bertz CT molecular complexity index is 586. The van der Waals surface area contributed by atoms with E-state index in [2.05, 4.69) is 0 Å². The second-order valence-electron chi connectivity index (χ2n) is 3.82. The molecule has 2 aromatic carbocycles. The Morgan fingerprint density at radius 1 is 1.00 bits per heavy atom. The van der Waals surface area contributed by atoms with Crippen LogP contribution < -0.4 is 0 Å². The molecule has 0 aromatic heterocycles. The van der Waals surface area contributed by atoms with Crippen LogP contribution in [0.2, 0.25) is 0 Å². The van der Waals surface area contributed by atoms with Gasteiger partial charge >= 0.3 is 5.97 Å². The van der Waals surface area contributed by atoms with Crippen molar-refractivity contribution in [1.82, 2.24) is 0 Å². The molecule has 0 heterocycles. The SMILES string of the molecule is O=C(O)C(=Cc1cccc(O)c1)c1ccccc1. The van der Waals surface area contributed by atoms with Crippen molar-refractivity contribution in [2.45, 2.75) is 0 Å². The fourth-order valence-electron chi connectivity index (χ4n) is 1.67. The lowest BCUT2D eigenvalue weighted by atomic mass is 10.0. The summed E-state index contributed by atoms with van der Waals surface area (Å²) in [6.45, 7) is 0. The largest absolute Gasteiger partial charge is 0.508 e. The number of carbonyl (C=O) groups is 1. The maximum absolute atomic E-state index is 11.3. The lowest BCUT2D eigenvalue weighted by Gasteiger charge is -2.03. The molecule has 0 saturated carbocycles. The monoisotopic (exact) mass is 240 g/mol. The molecule has 0 fully saturated rings. The molecule has 0 aliphatic heterocycles. The number of carboxylic acids is 1. The van der Waals surface area contributed by atoms with Gasteiger partial charge in [-0.15, -0.1) is 0 Å². The normalized spacial score (nSPS) is 11.2. The Balaban J connectivity index is 2.46. The number of phenols is 1. The first-order valence-corrected chi connectivity index (χ1v) is 5.46. The molecule has 0 saturated heterocycles. The van der Waals surface area contributed by atoms with Crippen molar-refractivity contribution in [2.75, 3.05) is 0 Å². The van der Waals surface area contributed by atoms with Gasteiger partial charge in [0.2, 0.25) is 0 Å². The van der Waals surface area contributed by atoms with E-state index in [0.717, 1.165) is 0 Å². The van der Waals surface area contributed by atoms with Gasteiger partial charge in [-0.25, -0.2) is 4.79 Å². The number of hydrogen-bond acceptors (Lipinski definition) is 2. The zero-order valence-electron chi connectivity index (χ0n) is 9.58. The molecule has 2 rings (SSSR count). The second-order valence-corrected chi connectivity index (χ2v) is 3.82. The van der Waals surface area contributed by atoms with E-state index in [1.54, 1.807) is 42.5 Å². The summed E-state index contributed by atoms with van der Waals surface area (Å²) in [4.78, 5) is 11.3. The van der Waals surface area contributed by atoms with Gasteiger partial charge < -0.3 is 10.2 Å². The lowest BCUT2D eigenvalue weighted by Crippen LogP contribution is -1.99. The summed E-state index contributed by atoms with van der Waals surface area (Å²) < 4.78 is 0. The van der Waals surface area contributed by atoms with Crippen LogP contribution in [-0.4, -0.2) is 16.2 Å². The minimum Gasteiger partial charge on any atom is -0.508 e. The summed E-state index contributed by atoms with van der Waals surface area (Å²) in [6, 6.07) is 15.4. The number of rotatable bonds is 3. The van der Waals surface area contributed by atoms with Crippen molar-refractivity contribution in [3.63, 3.8) is 0 Å². The molecule has 0 radical (unpaired) electrons. The maximum atomic E-state index is 11.3. The van der Waals surface area contributed by atoms with Gasteiger partial charge in [0.25, 0.3) is 0 Å². The fourth-order valence-corrected chi connectivity index (χ4v) is 1.67. The molecule has 0 aliphatic carbocycles. The summed E-state index contributed by atoms with van der Waals surface area (Å²) >= 11 is 0. The van der Waals surface area contributed by atoms with Gasteiger partial charge in [0.05, 0.1) is 5.57 Å². The molecular weight excluding hydrogens is 228 g/mol. The van der Waals surface area contributed by atoms with Crippen molar-refractivity contribution >= 4 is 17.6 Å². The average molecular weight is 240 g/mol. The van der Waals surface area contributed by atoms with E-state index >= 15 is 0 Å². The van der Waals surface area contributed by atoms with Crippen LogP contribution in [0.1, 0.15) is 11.1 Å².